The number of aryl methyl sites for hydroxylation is 1. The third-order valence-electron chi connectivity index (χ3n) is 2.49. The van der Waals surface area contributed by atoms with Crippen molar-refractivity contribution in [3.8, 4) is 0 Å². The van der Waals surface area contributed by atoms with E-state index in [1.54, 1.807) is 17.9 Å². The number of hydrogen-bond acceptors (Lipinski definition) is 4. The number of nitrogens with zero attached hydrogens (tertiary/aromatic N) is 3. The number of benzene rings is 1. The first-order chi connectivity index (χ1) is 8.13. The highest BCUT2D eigenvalue weighted by molar-refractivity contribution is 9.10. The highest BCUT2D eigenvalue weighted by Crippen LogP contribution is 2.29. The lowest BCUT2D eigenvalue weighted by atomic mass is 10.0. The lowest BCUT2D eigenvalue weighted by Crippen LogP contribution is -2.30. The first-order valence-electron chi connectivity index (χ1n) is 4.89. The molecule has 0 bridgehead atoms. The molecule has 0 amide bonds. The van der Waals surface area contributed by atoms with Gasteiger partial charge in [-0.05, 0) is 17.7 Å². The van der Waals surface area contributed by atoms with Crippen LogP contribution in [0.3, 0.4) is 0 Å². The molecular weight excluding hydrogens is 306 g/mol. The zero-order chi connectivity index (χ0) is 12.4. The Morgan fingerprint density at radius 1 is 1.53 bits per heavy atom. The van der Waals surface area contributed by atoms with Crippen molar-refractivity contribution in [2.24, 2.45) is 12.9 Å². The largest absolute Gasteiger partial charge is 0.271 e. The van der Waals surface area contributed by atoms with Crippen LogP contribution in [-0.4, -0.2) is 15.0 Å². The van der Waals surface area contributed by atoms with E-state index in [0.717, 1.165) is 15.7 Å². The molecule has 0 aliphatic heterocycles. The van der Waals surface area contributed by atoms with Crippen molar-refractivity contribution in [2.75, 3.05) is 0 Å². The van der Waals surface area contributed by atoms with Gasteiger partial charge < -0.3 is 0 Å². The molecule has 1 heterocycles. The topological polar surface area (TPSA) is 68.8 Å². The van der Waals surface area contributed by atoms with Gasteiger partial charge in [0.2, 0.25) is 0 Å². The molecule has 0 saturated carbocycles. The van der Waals surface area contributed by atoms with Gasteiger partial charge in [-0.2, -0.15) is 0 Å². The smallest absolute Gasteiger partial charge is 0.0908 e. The Morgan fingerprint density at radius 2 is 2.29 bits per heavy atom. The minimum absolute atomic E-state index is 0.240. The Bertz CT molecular complexity index is 527. The second kappa shape index (κ2) is 5.14. The van der Waals surface area contributed by atoms with E-state index >= 15 is 0 Å². The molecule has 90 valence electrons. The van der Waals surface area contributed by atoms with Crippen molar-refractivity contribution >= 4 is 27.5 Å². The van der Waals surface area contributed by atoms with E-state index < -0.39 is 0 Å². The van der Waals surface area contributed by atoms with Crippen molar-refractivity contribution < 1.29 is 0 Å². The van der Waals surface area contributed by atoms with E-state index in [4.69, 9.17) is 17.4 Å². The Labute approximate surface area is 112 Å². The molecule has 1 atom stereocenters. The standard InChI is InChI=1S/C10H11BrClN5/c1-17-9(5-14-16-17)10(15-13)7-3-2-6(11)4-8(7)12/h2-5,10,15H,13H2,1H3. The van der Waals surface area contributed by atoms with Crippen molar-refractivity contribution in [1.29, 1.82) is 0 Å². The zero-order valence-electron chi connectivity index (χ0n) is 9.06. The fourth-order valence-electron chi connectivity index (χ4n) is 1.63. The van der Waals surface area contributed by atoms with Crippen molar-refractivity contribution in [1.82, 2.24) is 20.4 Å². The molecule has 0 aliphatic rings. The molecule has 5 nitrogen and oxygen atoms in total. The number of aromatic nitrogens is 3. The average Bonchev–Trinajstić information content (AvgIpc) is 2.69. The highest BCUT2D eigenvalue weighted by Gasteiger charge is 2.19. The molecule has 0 fully saturated rings. The minimum atomic E-state index is -0.240. The van der Waals surface area contributed by atoms with Crippen LogP contribution in [0.25, 0.3) is 0 Å². The lowest BCUT2D eigenvalue weighted by Gasteiger charge is -2.17. The van der Waals surface area contributed by atoms with E-state index in [-0.39, 0.29) is 6.04 Å². The van der Waals surface area contributed by atoms with Crippen LogP contribution < -0.4 is 11.3 Å². The predicted octanol–water partition coefficient (Wildman–Crippen LogP) is 1.78. The molecule has 3 N–H and O–H groups in total. The summed E-state index contributed by atoms with van der Waals surface area (Å²) >= 11 is 9.56. The summed E-state index contributed by atoms with van der Waals surface area (Å²) in [5.74, 6) is 5.58. The van der Waals surface area contributed by atoms with Gasteiger partial charge in [-0.3, -0.25) is 10.5 Å². The summed E-state index contributed by atoms with van der Waals surface area (Å²) in [5, 5.41) is 8.33. The molecule has 0 saturated heterocycles. The van der Waals surface area contributed by atoms with Gasteiger partial charge in [-0.1, -0.05) is 38.8 Å². The molecule has 0 spiro atoms. The predicted molar refractivity (Wildman–Crippen MR) is 69.3 cm³/mol. The van der Waals surface area contributed by atoms with Gasteiger partial charge in [0.25, 0.3) is 0 Å². The summed E-state index contributed by atoms with van der Waals surface area (Å²) in [7, 11) is 1.80. The number of hydrazine groups is 1. The Morgan fingerprint density at radius 3 is 2.82 bits per heavy atom. The van der Waals surface area contributed by atoms with Gasteiger partial charge >= 0.3 is 0 Å². The maximum Gasteiger partial charge on any atom is 0.0908 e. The first kappa shape index (κ1) is 12.5. The minimum Gasteiger partial charge on any atom is -0.271 e. The molecule has 1 unspecified atom stereocenters. The zero-order valence-corrected chi connectivity index (χ0v) is 11.4. The Balaban J connectivity index is 2.46. The van der Waals surface area contributed by atoms with Crippen LogP contribution in [0.4, 0.5) is 0 Å². The Hall–Kier alpha value is -0.950. The number of hydrogen-bond donors (Lipinski definition) is 2. The monoisotopic (exact) mass is 315 g/mol. The molecule has 1 aromatic heterocycles. The molecule has 7 heteroatoms. The maximum atomic E-state index is 6.20. The number of nitrogens with one attached hydrogen (secondary N) is 1. The first-order valence-corrected chi connectivity index (χ1v) is 6.06. The van der Waals surface area contributed by atoms with Crippen LogP contribution in [0.5, 0.6) is 0 Å². The maximum absolute atomic E-state index is 6.20. The molecule has 1 aromatic carbocycles. The number of rotatable bonds is 3. The van der Waals surface area contributed by atoms with Crippen LogP contribution in [0, 0.1) is 0 Å². The van der Waals surface area contributed by atoms with Crippen molar-refractivity contribution in [3.05, 3.63) is 45.1 Å². The molecule has 0 aliphatic carbocycles. The van der Waals surface area contributed by atoms with Crippen LogP contribution in [-0.2, 0) is 7.05 Å². The number of nitrogens with two attached hydrogens (primary N) is 1. The van der Waals surface area contributed by atoms with Gasteiger partial charge in [-0.25, -0.2) is 5.43 Å². The SMILES string of the molecule is Cn1nncc1C(NN)c1ccc(Br)cc1Cl. The van der Waals surface area contributed by atoms with Crippen LogP contribution >= 0.6 is 27.5 Å². The fourth-order valence-corrected chi connectivity index (χ4v) is 2.41. The van der Waals surface area contributed by atoms with E-state index in [2.05, 4.69) is 31.7 Å². The van der Waals surface area contributed by atoms with Crippen LogP contribution in [0.2, 0.25) is 5.02 Å². The van der Waals surface area contributed by atoms with E-state index in [1.165, 1.54) is 0 Å². The van der Waals surface area contributed by atoms with Crippen molar-refractivity contribution in [3.63, 3.8) is 0 Å². The van der Waals surface area contributed by atoms with Gasteiger partial charge in [0.15, 0.2) is 0 Å². The summed E-state index contributed by atoms with van der Waals surface area (Å²) in [6.07, 6.45) is 1.66. The summed E-state index contributed by atoms with van der Waals surface area (Å²) in [4.78, 5) is 0. The van der Waals surface area contributed by atoms with E-state index in [9.17, 15) is 0 Å². The number of halogens is 2. The van der Waals surface area contributed by atoms with Crippen LogP contribution in [0.1, 0.15) is 17.3 Å². The van der Waals surface area contributed by atoms with Gasteiger partial charge in [0.1, 0.15) is 0 Å². The normalized spacial score (nSPS) is 12.7. The third-order valence-corrected chi connectivity index (χ3v) is 3.31. The molecule has 2 rings (SSSR count). The van der Waals surface area contributed by atoms with Gasteiger partial charge in [-0.15, -0.1) is 5.10 Å². The van der Waals surface area contributed by atoms with Crippen LogP contribution in [0.15, 0.2) is 28.9 Å². The summed E-state index contributed by atoms with van der Waals surface area (Å²) in [6, 6.07) is 5.40. The van der Waals surface area contributed by atoms with E-state index in [1.807, 2.05) is 18.2 Å². The summed E-state index contributed by atoms with van der Waals surface area (Å²) in [6.45, 7) is 0. The average molecular weight is 317 g/mol. The van der Waals surface area contributed by atoms with E-state index in [0.29, 0.717) is 5.02 Å². The fraction of sp³-hybridized carbons (Fsp3) is 0.200. The quantitative estimate of drug-likeness (QED) is 0.669. The third kappa shape index (κ3) is 2.50. The second-order valence-electron chi connectivity index (χ2n) is 3.55. The van der Waals surface area contributed by atoms with Gasteiger partial charge in [0.05, 0.1) is 17.9 Å². The highest BCUT2D eigenvalue weighted by atomic mass is 79.9. The van der Waals surface area contributed by atoms with Gasteiger partial charge in [0, 0.05) is 16.5 Å². The second-order valence-corrected chi connectivity index (χ2v) is 4.87. The molecule has 0 radical (unpaired) electrons. The van der Waals surface area contributed by atoms with Crippen molar-refractivity contribution in [2.45, 2.75) is 6.04 Å². The summed E-state index contributed by atoms with van der Waals surface area (Å²) < 4.78 is 2.58. The summed E-state index contributed by atoms with van der Waals surface area (Å²) in [5.41, 5.74) is 4.44. The molecule has 2 aromatic rings. The Kier molecular flexibility index (Phi) is 3.78. The molecule has 17 heavy (non-hydrogen) atoms. The molecular formula is C10H11BrClN5. The lowest BCUT2D eigenvalue weighted by molar-refractivity contribution is 0.570.